The van der Waals surface area contributed by atoms with E-state index >= 15 is 0 Å². The molecule has 1 amide bonds. The summed E-state index contributed by atoms with van der Waals surface area (Å²) in [5, 5.41) is 121. The summed E-state index contributed by atoms with van der Waals surface area (Å²) in [6.07, 6.45) is 46.0. The Labute approximate surface area is 572 Å². The van der Waals surface area contributed by atoms with Gasteiger partial charge in [0.15, 0.2) is 18.9 Å². The van der Waals surface area contributed by atoms with E-state index in [1.54, 1.807) is 6.08 Å². The summed E-state index contributed by atoms with van der Waals surface area (Å²) in [6, 6.07) is -0.992. The lowest BCUT2D eigenvalue weighted by Crippen LogP contribution is -2.66. The molecule has 0 radical (unpaired) electrons. The molecule has 3 fully saturated rings. The Balaban J connectivity index is 1.39. The minimum atomic E-state index is -1.98. The quantitative estimate of drug-likeness (QED) is 0.0199. The number of carbonyl (C=O) groups excluding carboxylic acids is 1. The van der Waals surface area contributed by atoms with Crippen LogP contribution in [0.4, 0.5) is 0 Å². The van der Waals surface area contributed by atoms with Crippen molar-refractivity contribution < 1.29 is 89.4 Å². The van der Waals surface area contributed by atoms with Crippen molar-refractivity contribution in [3.63, 3.8) is 0 Å². The van der Waals surface area contributed by atoms with Gasteiger partial charge >= 0.3 is 0 Å². The van der Waals surface area contributed by atoms with E-state index < -0.39 is 124 Å². The first kappa shape index (κ1) is 86.5. The highest BCUT2D eigenvalue weighted by Gasteiger charge is 2.53. The maximum absolute atomic E-state index is 13.4. The molecular formula is C76H135NO18. The van der Waals surface area contributed by atoms with Crippen molar-refractivity contribution in [1.29, 1.82) is 0 Å². The maximum Gasteiger partial charge on any atom is 0.220 e. The molecule has 95 heavy (non-hydrogen) atoms. The average molecular weight is 1350 g/mol. The fourth-order valence-electron chi connectivity index (χ4n) is 12.4. The Morgan fingerprint density at radius 3 is 1.18 bits per heavy atom. The summed E-state index contributed by atoms with van der Waals surface area (Å²) in [7, 11) is 0. The second-order valence-electron chi connectivity index (χ2n) is 26.7. The van der Waals surface area contributed by atoms with Crippen LogP contribution >= 0.6 is 0 Å². The third-order valence-corrected chi connectivity index (χ3v) is 18.5. The van der Waals surface area contributed by atoms with Crippen LogP contribution < -0.4 is 5.32 Å². The van der Waals surface area contributed by atoms with Crippen molar-refractivity contribution in [3.05, 3.63) is 72.9 Å². The van der Waals surface area contributed by atoms with Crippen LogP contribution in [0.5, 0.6) is 0 Å². The molecule has 0 aromatic carbocycles. The van der Waals surface area contributed by atoms with Crippen molar-refractivity contribution >= 4 is 5.91 Å². The summed E-state index contributed by atoms with van der Waals surface area (Å²) in [4.78, 5) is 13.4. The number of rotatable bonds is 58. The van der Waals surface area contributed by atoms with E-state index in [1.165, 1.54) is 173 Å². The highest BCUT2D eigenvalue weighted by molar-refractivity contribution is 5.76. The van der Waals surface area contributed by atoms with Crippen LogP contribution in [0.25, 0.3) is 0 Å². The summed E-state index contributed by atoms with van der Waals surface area (Å²) < 4.78 is 34.4. The number of ether oxygens (including phenoxy) is 6. The molecule has 0 spiro atoms. The molecule has 552 valence electrons. The molecule has 3 rings (SSSR count). The van der Waals surface area contributed by atoms with Gasteiger partial charge in [0.1, 0.15) is 73.2 Å². The summed E-state index contributed by atoms with van der Waals surface area (Å²) in [5.74, 6) is -0.284. The summed E-state index contributed by atoms with van der Waals surface area (Å²) >= 11 is 0. The molecule has 3 aliphatic rings. The van der Waals surface area contributed by atoms with Gasteiger partial charge in [-0.1, -0.05) is 267 Å². The molecule has 0 saturated carbocycles. The first-order chi connectivity index (χ1) is 46.3. The Bertz CT molecular complexity index is 2000. The monoisotopic (exact) mass is 1350 g/mol. The first-order valence-electron chi connectivity index (χ1n) is 37.7. The molecule has 17 unspecified atom stereocenters. The largest absolute Gasteiger partial charge is 0.394 e. The van der Waals surface area contributed by atoms with Crippen LogP contribution in [0.3, 0.4) is 0 Å². The number of hydrogen-bond donors (Lipinski definition) is 12. The van der Waals surface area contributed by atoms with Gasteiger partial charge in [0.2, 0.25) is 5.91 Å². The highest BCUT2D eigenvalue weighted by atomic mass is 16.8. The zero-order valence-electron chi connectivity index (χ0n) is 58.6. The van der Waals surface area contributed by atoms with Crippen LogP contribution in [-0.2, 0) is 33.2 Å². The SMILES string of the molecule is CC/C=C\C/C=C\C/C=C\C/C=C\CCCCCCCCCCCCCCCCCCCCC(=O)NC(COC1OC(CO)C(OC2OC(CO)C(OC3OC(CO)C(O)C(O)C3O)C(O)C2O)C(O)C1O)C(O)/C=C/CC/C=C/CCCCCCCCCCCCCCC. The summed E-state index contributed by atoms with van der Waals surface area (Å²) in [5.41, 5.74) is 0. The Morgan fingerprint density at radius 1 is 0.389 bits per heavy atom. The van der Waals surface area contributed by atoms with Crippen molar-refractivity contribution in [2.45, 2.75) is 375 Å². The number of amides is 1. The fraction of sp³-hybridized carbons (Fsp3) is 0.829. The van der Waals surface area contributed by atoms with E-state index in [2.05, 4.69) is 79.9 Å². The number of allylic oxidation sites excluding steroid dienone is 11. The molecule has 0 aromatic heterocycles. The zero-order chi connectivity index (χ0) is 68.9. The Kier molecular flexibility index (Phi) is 51.8. The number of nitrogens with one attached hydrogen (secondary N) is 1. The lowest BCUT2D eigenvalue weighted by atomic mass is 9.96. The zero-order valence-corrected chi connectivity index (χ0v) is 58.6. The third kappa shape index (κ3) is 38.0. The highest BCUT2D eigenvalue weighted by Crippen LogP contribution is 2.33. The molecular weight excluding hydrogens is 1210 g/mol. The number of aliphatic hydroxyl groups is 11. The molecule has 3 heterocycles. The van der Waals surface area contributed by atoms with Gasteiger partial charge in [-0.2, -0.15) is 0 Å². The molecule has 0 aliphatic carbocycles. The van der Waals surface area contributed by atoms with E-state index in [0.717, 1.165) is 64.2 Å². The molecule has 19 heteroatoms. The van der Waals surface area contributed by atoms with Gasteiger partial charge in [0.25, 0.3) is 0 Å². The van der Waals surface area contributed by atoms with Gasteiger partial charge in [0, 0.05) is 6.42 Å². The van der Waals surface area contributed by atoms with Crippen molar-refractivity contribution in [2.75, 3.05) is 26.4 Å². The third-order valence-electron chi connectivity index (χ3n) is 18.5. The average Bonchev–Trinajstić information content (AvgIpc) is 0.787. The van der Waals surface area contributed by atoms with Gasteiger partial charge in [-0.15, -0.1) is 0 Å². The van der Waals surface area contributed by atoms with E-state index in [-0.39, 0.29) is 18.9 Å². The molecule has 3 aliphatic heterocycles. The standard InChI is InChI=1S/C76H135NO18/c1-3-5-7-9-11-13-15-17-19-21-23-24-25-26-27-28-29-30-31-32-33-34-36-38-40-42-44-46-48-50-52-54-64(82)77-59(60(81)53-51-49-47-45-43-41-39-37-35-22-20-18-16-14-12-10-8-6-4-2)58-90-74-70(88)67(85)72(62(56-79)92-74)95-76-71(89)68(86)73(63(57-80)93-76)94-75-69(87)66(84)65(83)61(55-78)91-75/h5,7,11,13,17,19,23-24,43,45,51,53,59-63,65-76,78-81,83-89H,3-4,6,8-10,12,14-16,18,20-22,25-42,44,46-50,52,54-58H2,1-2H3,(H,77,82)/b7-5-,13-11-,19-17-,24-23-,45-43+,53-51+. The number of aliphatic hydroxyl groups excluding tert-OH is 11. The van der Waals surface area contributed by atoms with Gasteiger partial charge in [-0.25, -0.2) is 0 Å². The predicted octanol–water partition coefficient (Wildman–Crippen LogP) is 11.3. The van der Waals surface area contributed by atoms with Gasteiger partial charge in [-0.05, 0) is 70.6 Å². The molecule has 17 atom stereocenters. The topological polar surface area (TPSA) is 307 Å². The smallest absolute Gasteiger partial charge is 0.220 e. The van der Waals surface area contributed by atoms with Crippen LogP contribution in [0.2, 0.25) is 0 Å². The van der Waals surface area contributed by atoms with Crippen molar-refractivity contribution in [1.82, 2.24) is 5.32 Å². The van der Waals surface area contributed by atoms with Gasteiger partial charge in [-0.3, -0.25) is 4.79 Å². The minimum absolute atomic E-state index is 0.235. The number of carbonyl (C=O) groups is 1. The van der Waals surface area contributed by atoms with Crippen LogP contribution in [0, 0.1) is 0 Å². The molecule has 12 N–H and O–H groups in total. The minimum Gasteiger partial charge on any atom is -0.394 e. The molecule has 0 bridgehead atoms. The summed E-state index contributed by atoms with van der Waals surface area (Å²) in [6.45, 7) is 1.62. The number of unbranched alkanes of at least 4 members (excludes halogenated alkanes) is 32. The Morgan fingerprint density at radius 2 is 0.737 bits per heavy atom. The predicted molar refractivity (Wildman–Crippen MR) is 374 cm³/mol. The van der Waals surface area contributed by atoms with Crippen LogP contribution in [0.15, 0.2) is 72.9 Å². The molecule has 0 aromatic rings. The lowest BCUT2D eigenvalue weighted by molar-refractivity contribution is -0.379. The van der Waals surface area contributed by atoms with Gasteiger partial charge in [0.05, 0.1) is 38.6 Å². The van der Waals surface area contributed by atoms with Crippen LogP contribution in [0.1, 0.15) is 271 Å². The second kappa shape index (κ2) is 56.9. The molecule has 3 saturated heterocycles. The van der Waals surface area contributed by atoms with Crippen molar-refractivity contribution in [3.8, 4) is 0 Å². The van der Waals surface area contributed by atoms with Gasteiger partial charge < -0.3 is 89.9 Å². The number of hydrogen-bond acceptors (Lipinski definition) is 18. The van der Waals surface area contributed by atoms with E-state index in [4.69, 9.17) is 28.4 Å². The first-order valence-corrected chi connectivity index (χ1v) is 37.7. The maximum atomic E-state index is 13.4. The van der Waals surface area contributed by atoms with Crippen molar-refractivity contribution in [2.24, 2.45) is 0 Å². The Hall–Kier alpha value is -2.77. The van der Waals surface area contributed by atoms with Crippen LogP contribution in [-0.4, -0.2) is 193 Å². The van der Waals surface area contributed by atoms with E-state index in [0.29, 0.717) is 12.8 Å². The van der Waals surface area contributed by atoms with E-state index in [9.17, 15) is 61.0 Å². The fourth-order valence-corrected chi connectivity index (χ4v) is 12.4. The lowest BCUT2D eigenvalue weighted by Gasteiger charge is -2.48. The normalized spacial score (nSPS) is 27.6. The van der Waals surface area contributed by atoms with E-state index in [1.807, 2.05) is 6.08 Å². The molecule has 19 nitrogen and oxygen atoms in total. The second-order valence-corrected chi connectivity index (χ2v) is 26.7.